The lowest BCUT2D eigenvalue weighted by Gasteiger charge is -2.30. The zero-order valence-electron chi connectivity index (χ0n) is 17.5. The van der Waals surface area contributed by atoms with Gasteiger partial charge >= 0.3 is 0 Å². The molecule has 0 aliphatic carbocycles. The number of carbonyl (C=O) groups excluding carboxylic acids is 1. The van der Waals surface area contributed by atoms with Crippen LogP contribution in [0, 0.1) is 0 Å². The number of hydrogen-bond donors (Lipinski definition) is 1. The van der Waals surface area contributed by atoms with E-state index < -0.39 is 0 Å². The molecule has 0 bridgehead atoms. The summed E-state index contributed by atoms with van der Waals surface area (Å²) >= 11 is 2.85. The summed E-state index contributed by atoms with van der Waals surface area (Å²) in [5, 5.41) is 12.3. The third kappa shape index (κ3) is 6.21. The summed E-state index contributed by atoms with van der Waals surface area (Å²) in [4.78, 5) is 14.4. The molecule has 3 rings (SSSR count). The first kappa shape index (κ1) is 22.1. The second-order valence-electron chi connectivity index (χ2n) is 7.21. The SMILES string of the molecule is CC(C)N(C(=O)CSc1nnc(Nc2ccc(Oc3ccccc3)cc2)s1)C(C)C. The van der Waals surface area contributed by atoms with Crippen LogP contribution in [-0.2, 0) is 4.79 Å². The minimum atomic E-state index is 0.115. The number of carbonyl (C=O) groups is 1. The molecule has 8 heteroatoms. The van der Waals surface area contributed by atoms with Gasteiger partial charge in [-0.3, -0.25) is 4.79 Å². The number of benzene rings is 2. The first-order valence-corrected chi connectivity index (χ1v) is 11.6. The average molecular weight is 443 g/mol. The lowest BCUT2D eigenvalue weighted by atomic mass is 10.2. The maximum atomic E-state index is 12.5. The van der Waals surface area contributed by atoms with Crippen molar-refractivity contribution in [3.05, 3.63) is 54.6 Å². The Balaban J connectivity index is 1.53. The number of nitrogens with zero attached hydrogens (tertiary/aromatic N) is 3. The van der Waals surface area contributed by atoms with Crippen molar-refractivity contribution in [3.8, 4) is 11.5 Å². The molecule has 6 nitrogen and oxygen atoms in total. The van der Waals surface area contributed by atoms with Crippen molar-refractivity contribution < 1.29 is 9.53 Å². The van der Waals surface area contributed by atoms with E-state index in [2.05, 4.69) is 15.5 Å². The van der Waals surface area contributed by atoms with Gasteiger partial charge in [-0.25, -0.2) is 0 Å². The molecule has 3 aromatic rings. The first-order chi connectivity index (χ1) is 14.4. The zero-order chi connectivity index (χ0) is 21.5. The maximum Gasteiger partial charge on any atom is 0.233 e. The Bertz CT molecular complexity index is 935. The molecule has 1 N–H and O–H groups in total. The zero-order valence-corrected chi connectivity index (χ0v) is 19.2. The Morgan fingerprint density at radius 1 is 1.00 bits per heavy atom. The molecular formula is C22H26N4O2S2. The van der Waals surface area contributed by atoms with Crippen LogP contribution in [0.25, 0.3) is 0 Å². The number of thioether (sulfide) groups is 1. The molecule has 0 fully saturated rings. The van der Waals surface area contributed by atoms with E-state index in [4.69, 9.17) is 4.74 Å². The predicted molar refractivity (Wildman–Crippen MR) is 124 cm³/mol. The van der Waals surface area contributed by atoms with Gasteiger partial charge in [0, 0.05) is 17.8 Å². The lowest BCUT2D eigenvalue weighted by Crippen LogP contribution is -2.43. The van der Waals surface area contributed by atoms with E-state index in [1.165, 1.54) is 23.1 Å². The number of para-hydroxylation sites is 1. The van der Waals surface area contributed by atoms with Crippen molar-refractivity contribution in [3.63, 3.8) is 0 Å². The van der Waals surface area contributed by atoms with Gasteiger partial charge in [0.25, 0.3) is 0 Å². The topological polar surface area (TPSA) is 67.4 Å². The van der Waals surface area contributed by atoms with Gasteiger partial charge in [-0.1, -0.05) is 41.3 Å². The van der Waals surface area contributed by atoms with Gasteiger partial charge in [0.15, 0.2) is 4.34 Å². The molecule has 0 unspecified atom stereocenters. The van der Waals surface area contributed by atoms with E-state index in [-0.39, 0.29) is 18.0 Å². The van der Waals surface area contributed by atoms with Gasteiger partial charge in [-0.2, -0.15) is 0 Å². The number of anilines is 2. The Labute approximate surface area is 185 Å². The summed E-state index contributed by atoms with van der Waals surface area (Å²) in [6.07, 6.45) is 0. The monoisotopic (exact) mass is 442 g/mol. The van der Waals surface area contributed by atoms with Crippen LogP contribution in [0.5, 0.6) is 11.5 Å². The highest BCUT2D eigenvalue weighted by atomic mass is 32.2. The molecule has 1 amide bonds. The van der Waals surface area contributed by atoms with Gasteiger partial charge in [0.2, 0.25) is 11.0 Å². The second kappa shape index (κ2) is 10.4. The van der Waals surface area contributed by atoms with Crippen LogP contribution in [0.3, 0.4) is 0 Å². The predicted octanol–water partition coefficient (Wildman–Crippen LogP) is 5.81. The first-order valence-electron chi connectivity index (χ1n) is 9.80. The largest absolute Gasteiger partial charge is 0.457 e. The number of hydrogen-bond acceptors (Lipinski definition) is 7. The summed E-state index contributed by atoms with van der Waals surface area (Å²) < 4.78 is 6.57. The fraction of sp³-hybridized carbons (Fsp3) is 0.318. The third-order valence-electron chi connectivity index (χ3n) is 4.21. The van der Waals surface area contributed by atoms with E-state index in [0.717, 1.165) is 21.5 Å². The molecule has 0 spiro atoms. The van der Waals surface area contributed by atoms with E-state index in [0.29, 0.717) is 10.9 Å². The molecule has 0 aliphatic heterocycles. The fourth-order valence-electron chi connectivity index (χ4n) is 3.04. The number of rotatable bonds is 9. The molecule has 0 radical (unpaired) electrons. The molecule has 30 heavy (non-hydrogen) atoms. The van der Waals surface area contributed by atoms with Crippen LogP contribution in [0.4, 0.5) is 10.8 Å². The van der Waals surface area contributed by atoms with E-state index in [1.807, 2.05) is 87.2 Å². The lowest BCUT2D eigenvalue weighted by molar-refractivity contribution is -0.131. The molecular weight excluding hydrogens is 416 g/mol. The summed E-state index contributed by atoms with van der Waals surface area (Å²) in [7, 11) is 0. The molecule has 0 atom stereocenters. The van der Waals surface area contributed by atoms with Crippen LogP contribution >= 0.6 is 23.1 Å². The van der Waals surface area contributed by atoms with Crippen molar-refractivity contribution >= 4 is 39.8 Å². The Morgan fingerprint density at radius 2 is 1.63 bits per heavy atom. The van der Waals surface area contributed by atoms with Gasteiger partial charge in [-0.15, -0.1) is 10.2 Å². The van der Waals surface area contributed by atoms with Crippen molar-refractivity contribution in [2.24, 2.45) is 0 Å². The maximum absolute atomic E-state index is 12.5. The number of aromatic nitrogens is 2. The van der Waals surface area contributed by atoms with Crippen LogP contribution in [0.1, 0.15) is 27.7 Å². The van der Waals surface area contributed by atoms with Crippen LogP contribution in [0.2, 0.25) is 0 Å². The number of ether oxygens (including phenoxy) is 1. The molecule has 0 aliphatic rings. The van der Waals surface area contributed by atoms with Crippen LogP contribution < -0.4 is 10.1 Å². The van der Waals surface area contributed by atoms with Crippen molar-refractivity contribution in [1.29, 1.82) is 0 Å². The molecule has 1 aromatic heterocycles. The van der Waals surface area contributed by atoms with Gasteiger partial charge in [-0.05, 0) is 64.1 Å². The highest BCUT2D eigenvalue weighted by Gasteiger charge is 2.20. The van der Waals surface area contributed by atoms with Crippen LogP contribution in [-0.4, -0.2) is 38.8 Å². The second-order valence-corrected chi connectivity index (χ2v) is 9.41. The van der Waals surface area contributed by atoms with Crippen molar-refractivity contribution in [2.45, 2.75) is 44.1 Å². The van der Waals surface area contributed by atoms with Gasteiger partial charge < -0.3 is 15.0 Å². The third-order valence-corrected chi connectivity index (χ3v) is 6.17. The van der Waals surface area contributed by atoms with Crippen LogP contribution in [0.15, 0.2) is 58.9 Å². The molecule has 158 valence electrons. The minimum Gasteiger partial charge on any atom is -0.457 e. The summed E-state index contributed by atoms with van der Waals surface area (Å²) in [6, 6.07) is 17.7. The van der Waals surface area contributed by atoms with Crippen molar-refractivity contribution in [2.75, 3.05) is 11.1 Å². The number of nitrogens with one attached hydrogen (secondary N) is 1. The van der Waals surface area contributed by atoms with Gasteiger partial charge in [0.1, 0.15) is 11.5 Å². The standard InChI is InChI=1S/C22H26N4O2S2/c1-15(2)26(16(3)4)20(27)14-29-22-25-24-21(30-22)23-17-10-12-19(13-11-17)28-18-8-6-5-7-9-18/h5-13,15-16H,14H2,1-4H3,(H,23,24). The van der Waals surface area contributed by atoms with E-state index in [9.17, 15) is 4.79 Å². The smallest absolute Gasteiger partial charge is 0.233 e. The summed E-state index contributed by atoms with van der Waals surface area (Å²) in [5.41, 5.74) is 0.893. The highest BCUT2D eigenvalue weighted by Crippen LogP contribution is 2.29. The van der Waals surface area contributed by atoms with Gasteiger partial charge in [0.05, 0.1) is 5.75 Å². The normalized spacial score (nSPS) is 11.0. The highest BCUT2D eigenvalue weighted by molar-refractivity contribution is 8.01. The molecule has 2 aromatic carbocycles. The Hall–Kier alpha value is -2.58. The summed E-state index contributed by atoms with van der Waals surface area (Å²) in [5.74, 6) is 2.03. The molecule has 1 heterocycles. The Kier molecular flexibility index (Phi) is 7.70. The average Bonchev–Trinajstić information content (AvgIpc) is 3.15. The Morgan fingerprint density at radius 3 is 2.27 bits per heavy atom. The fourth-order valence-corrected chi connectivity index (χ4v) is 4.68. The number of amides is 1. The molecule has 0 saturated carbocycles. The van der Waals surface area contributed by atoms with Crippen molar-refractivity contribution in [1.82, 2.24) is 15.1 Å². The minimum absolute atomic E-state index is 0.115. The van der Waals surface area contributed by atoms with E-state index >= 15 is 0 Å². The summed E-state index contributed by atoms with van der Waals surface area (Å²) in [6.45, 7) is 8.13. The quantitative estimate of drug-likeness (QED) is 0.422. The molecule has 0 saturated heterocycles. The van der Waals surface area contributed by atoms with E-state index in [1.54, 1.807) is 0 Å².